The molecule has 2 heterocycles. The molecule has 0 aliphatic carbocycles. The fourth-order valence-electron chi connectivity index (χ4n) is 2.88. The van der Waals surface area contributed by atoms with Crippen molar-refractivity contribution in [2.75, 3.05) is 12.4 Å². The molecule has 4 aromatic rings. The minimum absolute atomic E-state index is 0.0557. The molecule has 0 unspecified atom stereocenters. The van der Waals surface area contributed by atoms with Gasteiger partial charge < -0.3 is 10.1 Å². The van der Waals surface area contributed by atoms with Gasteiger partial charge in [-0.1, -0.05) is 35.5 Å². The van der Waals surface area contributed by atoms with E-state index in [0.717, 1.165) is 5.56 Å². The van der Waals surface area contributed by atoms with Crippen molar-refractivity contribution in [1.82, 2.24) is 25.0 Å². The van der Waals surface area contributed by atoms with Gasteiger partial charge >= 0.3 is 12.1 Å². The van der Waals surface area contributed by atoms with Crippen LogP contribution in [0.15, 0.2) is 54.6 Å². The molecule has 2 aromatic carbocycles. The van der Waals surface area contributed by atoms with Gasteiger partial charge in [-0.25, -0.2) is 19.4 Å². The summed E-state index contributed by atoms with van der Waals surface area (Å²) < 4.78 is 46.2. The van der Waals surface area contributed by atoms with E-state index in [4.69, 9.17) is 0 Å². The first-order valence-corrected chi connectivity index (χ1v) is 9.03. The Morgan fingerprint density at radius 1 is 1.06 bits per heavy atom. The smallest absolute Gasteiger partial charge is 0.451 e. The largest absolute Gasteiger partial charge is 0.465 e. The molecule has 4 rings (SSSR count). The van der Waals surface area contributed by atoms with Gasteiger partial charge in [-0.3, -0.25) is 0 Å². The van der Waals surface area contributed by atoms with Crippen LogP contribution in [0.4, 0.5) is 24.7 Å². The van der Waals surface area contributed by atoms with E-state index in [1.165, 1.54) is 36.1 Å². The Labute approximate surface area is 173 Å². The summed E-state index contributed by atoms with van der Waals surface area (Å²) in [6.45, 7) is 0.193. The highest BCUT2D eigenvalue weighted by atomic mass is 19.4. The van der Waals surface area contributed by atoms with Gasteiger partial charge in [-0.2, -0.15) is 13.2 Å². The van der Waals surface area contributed by atoms with Gasteiger partial charge in [-0.15, -0.1) is 5.10 Å². The molecule has 2 aromatic heterocycles. The number of halogens is 3. The number of fused-ring (bicyclic) bond motifs is 1. The predicted molar refractivity (Wildman–Crippen MR) is 105 cm³/mol. The minimum atomic E-state index is -4.76. The van der Waals surface area contributed by atoms with Gasteiger partial charge in [0.05, 0.1) is 19.2 Å². The molecule has 0 spiro atoms. The molecule has 0 radical (unpaired) electrons. The predicted octanol–water partition coefficient (Wildman–Crippen LogP) is 3.82. The number of rotatable bonds is 5. The molecule has 0 bridgehead atoms. The van der Waals surface area contributed by atoms with Gasteiger partial charge in [0.15, 0.2) is 17.0 Å². The molecule has 0 amide bonds. The number of carbonyl (C=O) groups excluding carboxylic acids is 1. The van der Waals surface area contributed by atoms with Crippen LogP contribution in [0.5, 0.6) is 0 Å². The molecular formula is C20H15F3N6O2. The molecule has 31 heavy (non-hydrogen) atoms. The Morgan fingerprint density at radius 2 is 1.77 bits per heavy atom. The molecule has 1 N–H and O–H groups in total. The highest BCUT2D eigenvalue weighted by molar-refractivity contribution is 5.90. The van der Waals surface area contributed by atoms with Crippen LogP contribution in [-0.2, 0) is 17.5 Å². The number of alkyl halides is 3. The molecule has 0 aliphatic rings. The third-order valence-corrected chi connectivity index (χ3v) is 4.36. The van der Waals surface area contributed by atoms with E-state index >= 15 is 0 Å². The van der Waals surface area contributed by atoms with Crippen molar-refractivity contribution in [1.29, 1.82) is 0 Å². The summed E-state index contributed by atoms with van der Waals surface area (Å²) in [5, 5.41) is 10.7. The lowest BCUT2D eigenvalue weighted by atomic mass is 10.2. The third kappa shape index (κ3) is 4.29. The quantitative estimate of drug-likeness (QED) is 0.483. The molecule has 0 saturated heterocycles. The molecule has 0 fully saturated rings. The minimum Gasteiger partial charge on any atom is -0.465 e. The Kier molecular flexibility index (Phi) is 5.24. The summed E-state index contributed by atoms with van der Waals surface area (Å²) >= 11 is 0. The van der Waals surface area contributed by atoms with Crippen LogP contribution in [0.3, 0.4) is 0 Å². The van der Waals surface area contributed by atoms with E-state index in [1.54, 1.807) is 0 Å². The molecule has 11 heteroatoms. The van der Waals surface area contributed by atoms with Crippen molar-refractivity contribution >= 4 is 28.6 Å². The van der Waals surface area contributed by atoms with E-state index in [-0.39, 0.29) is 23.5 Å². The van der Waals surface area contributed by atoms with Gasteiger partial charge in [0, 0.05) is 5.69 Å². The third-order valence-electron chi connectivity index (χ3n) is 4.36. The normalized spacial score (nSPS) is 11.5. The van der Waals surface area contributed by atoms with Crippen LogP contribution < -0.4 is 5.32 Å². The van der Waals surface area contributed by atoms with Crippen LogP contribution in [0, 0.1) is 0 Å². The van der Waals surface area contributed by atoms with Crippen LogP contribution in [-0.4, -0.2) is 38.0 Å². The summed E-state index contributed by atoms with van der Waals surface area (Å²) in [5.74, 6) is -1.99. The summed E-state index contributed by atoms with van der Waals surface area (Å²) in [5.41, 5.74) is 1.55. The van der Waals surface area contributed by atoms with E-state index in [2.05, 4.69) is 30.3 Å². The van der Waals surface area contributed by atoms with Crippen LogP contribution in [0.25, 0.3) is 11.2 Å². The van der Waals surface area contributed by atoms with Crippen LogP contribution in [0.2, 0.25) is 0 Å². The molecular weight excluding hydrogens is 413 g/mol. The van der Waals surface area contributed by atoms with Crippen molar-refractivity contribution in [3.8, 4) is 0 Å². The zero-order chi connectivity index (χ0) is 22.0. The Morgan fingerprint density at radius 3 is 2.42 bits per heavy atom. The van der Waals surface area contributed by atoms with Crippen LogP contribution >= 0.6 is 0 Å². The number of esters is 1. The van der Waals surface area contributed by atoms with Gasteiger partial charge in [0.1, 0.15) is 0 Å². The van der Waals surface area contributed by atoms with Crippen LogP contribution in [0.1, 0.15) is 21.7 Å². The number of anilines is 2. The van der Waals surface area contributed by atoms with Gasteiger partial charge in [-0.05, 0) is 29.8 Å². The number of carbonyl (C=O) groups is 1. The highest BCUT2D eigenvalue weighted by Gasteiger charge is 2.36. The number of benzene rings is 2. The van der Waals surface area contributed by atoms with E-state index in [0.29, 0.717) is 11.3 Å². The van der Waals surface area contributed by atoms with E-state index < -0.39 is 18.0 Å². The number of ether oxygens (including phenoxy) is 1. The zero-order valence-electron chi connectivity index (χ0n) is 16.1. The van der Waals surface area contributed by atoms with Gasteiger partial charge in [0.25, 0.3) is 0 Å². The summed E-state index contributed by atoms with van der Waals surface area (Å²) in [4.78, 5) is 18.8. The first kappa shape index (κ1) is 20.3. The second-order valence-corrected chi connectivity index (χ2v) is 6.49. The Hall–Kier alpha value is -4.02. The maximum atomic E-state index is 13.4. The number of aromatic nitrogens is 5. The first-order chi connectivity index (χ1) is 14.8. The number of hydrogen-bond donors (Lipinski definition) is 1. The maximum Gasteiger partial charge on any atom is 0.451 e. The molecule has 158 valence electrons. The first-order valence-electron chi connectivity index (χ1n) is 9.03. The fraction of sp³-hybridized carbons (Fsp3) is 0.150. The molecule has 0 aliphatic heterocycles. The Balaban J connectivity index is 1.74. The number of hydrogen-bond acceptors (Lipinski definition) is 7. The summed E-state index contributed by atoms with van der Waals surface area (Å²) in [6.07, 6.45) is -4.76. The lowest BCUT2D eigenvalue weighted by Gasteiger charge is -2.11. The maximum absolute atomic E-state index is 13.4. The van der Waals surface area contributed by atoms with E-state index in [1.807, 2.05) is 30.3 Å². The second-order valence-electron chi connectivity index (χ2n) is 6.49. The lowest BCUT2D eigenvalue weighted by molar-refractivity contribution is -0.144. The summed E-state index contributed by atoms with van der Waals surface area (Å²) in [6, 6.07) is 15.1. The monoisotopic (exact) mass is 428 g/mol. The van der Waals surface area contributed by atoms with Crippen molar-refractivity contribution < 1.29 is 22.7 Å². The number of nitrogens with one attached hydrogen (secondary N) is 1. The molecule has 0 atom stereocenters. The zero-order valence-corrected chi connectivity index (χ0v) is 16.1. The SMILES string of the molecule is COC(=O)c1ccc(Nc2nc(C(F)(F)F)nc3c2nnn3Cc2ccccc2)cc1. The van der Waals surface area contributed by atoms with Crippen molar-refractivity contribution in [3.63, 3.8) is 0 Å². The van der Waals surface area contributed by atoms with Crippen molar-refractivity contribution in [3.05, 3.63) is 71.5 Å². The number of methoxy groups -OCH3 is 1. The van der Waals surface area contributed by atoms with E-state index in [9.17, 15) is 18.0 Å². The second kappa shape index (κ2) is 8.01. The Bertz CT molecular complexity index is 1220. The highest BCUT2D eigenvalue weighted by Crippen LogP contribution is 2.31. The average Bonchev–Trinajstić information content (AvgIpc) is 3.17. The van der Waals surface area contributed by atoms with Crippen molar-refractivity contribution in [2.24, 2.45) is 0 Å². The van der Waals surface area contributed by atoms with Crippen molar-refractivity contribution in [2.45, 2.75) is 12.7 Å². The fourth-order valence-corrected chi connectivity index (χ4v) is 2.88. The standard InChI is InChI=1S/C20H15F3N6O2/c1-31-18(30)13-7-9-14(10-8-13)24-16-15-17(26-19(25-16)20(21,22)23)29(28-27-15)11-12-5-3-2-4-6-12/h2-10H,11H2,1H3,(H,24,25,26). The average molecular weight is 428 g/mol. The van der Waals surface area contributed by atoms with Gasteiger partial charge in [0.2, 0.25) is 5.82 Å². The summed E-state index contributed by atoms with van der Waals surface area (Å²) in [7, 11) is 1.25. The lowest BCUT2D eigenvalue weighted by Crippen LogP contribution is -2.14. The number of nitrogens with zero attached hydrogens (tertiary/aromatic N) is 5. The topological polar surface area (TPSA) is 94.8 Å². The molecule has 8 nitrogen and oxygen atoms in total. The molecule has 0 saturated carbocycles.